The Kier molecular flexibility index (Phi) is 9.83. The Morgan fingerprint density at radius 3 is 1.81 bits per heavy atom. The molecule has 2 aliphatic carbocycles. The van der Waals surface area contributed by atoms with Gasteiger partial charge >= 0.3 is 0 Å². The molecule has 67 heavy (non-hydrogen) atoms. The van der Waals surface area contributed by atoms with E-state index in [1.54, 1.807) is 0 Å². The van der Waals surface area contributed by atoms with Crippen molar-refractivity contribution in [2.75, 3.05) is 0 Å². The van der Waals surface area contributed by atoms with Crippen LogP contribution in [0.3, 0.4) is 0 Å². The lowest BCUT2D eigenvalue weighted by Gasteiger charge is -2.33. The van der Waals surface area contributed by atoms with Gasteiger partial charge in [0.1, 0.15) is 11.3 Å². The van der Waals surface area contributed by atoms with Crippen molar-refractivity contribution in [2.45, 2.75) is 37.5 Å². The molecule has 4 heteroatoms. The standard InChI is InChI=1S/C63H47N3O/c1-62(50-20-8-4-9-21-50)38-35-46(36-39-62)55-41-54(45-31-27-43(28-32-45)42-16-6-3-7-17-42)64-61(65-55)47-33-29-44(30-34-47)48-18-14-19-49(40-48)58-59-57(52-24-12-13-26-56(52)67-59)53-25-15-37-63(2,60(53)66-58)51-22-10-5-11-23-51/h3-36,38,40-41H,37,39H2,1-2H3. The summed E-state index contributed by atoms with van der Waals surface area (Å²) in [4.78, 5) is 16.1. The van der Waals surface area contributed by atoms with Gasteiger partial charge in [0.15, 0.2) is 11.4 Å². The van der Waals surface area contributed by atoms with Gasteiger partial charge in [-0.2, -0.15) is 0 Å². The number of allylic oxidation sites excluding steroid dienone is 5. The van der Waals surface area contributed by atoms with Crippen molar-refractivity contribution in [1.29, 1.82) is 0 Å². The highest BCUT2D eigenvalue weighted by molar-refractivity contribution is 6.13. The second-order valence-electron chi connectivity index (χ2n) is 18.4. The quantitative estimate of drug-likeness (QED) is 0.153. The lowest BCUT2D eigenvalue weighted by molar-refractivity contribution is 0.555. The molecular formula is C63H47N3O. The van der Waals surface area contributed by atoms with Crippen LogP contribution in [0.2, 0.25) is 0 Å². The zero-order valence-corrected chi connectivity index (χ0v) is 37.5. The average Bonchev–Trinajstić information content (AvgIpc) is 3.80. The SMILES string of the molecule is CC1(c2ccccc2)C=CC(c2cc(-c3ccc(-c4ccccc4)cc3)nc(-c3ccc(-c4cccc(-c5nc6c(c7c5oc5ccccc57)C=CCC6(C)c5ccccc5)c4)cc3)n2)=CC1. The fourth-order valence-corrected chi connectivity index (χ4v) is 10.1. The zero-order chi connectivity index (χ0) is 45.0. The predicted octanol–water partition coefficient (Wildman–Crippen LogP) is 16.1. The zero-order valence-electron chi connectivity index (χ0n) is 37.5. The minimum absolute atomic E-state index is 0.0853. The van der Waals surface area contributed by atoms with E-state index in [0.29, 0.717) is 5.82 Å². The molecule has 0 amide bonds. The van der Waals surface area contributed by atoms with E-state index < -0.39 is 0 Å². The van der Waals surface area contributed by atoms with Crippen LogP contribution >= 0.6 is 0 Å². The van der Waals surface area contributed by atoms with Crippen LogP contribution in [0.4, 0.5) is 0 Å². The predicted molar refractivity (Wildman–Crippen MR) is 276 cm³/mol. The van der Waals surface area contributed by atoms with E-state index in [9.17, 15) is 0 Å². The molecule has 2 aliphatic rings. The smallest absolute Gasteiger partial charge is 0.162 e. The first-order valence-corrected chi connectivity index (χ1v) is 23.2. The van der Waals surface area contributed by atoms with Crippen LogP contribution in [0.5, 0.6) is 0 Å². The van der Waals surface area contributed by atoms with Gasteiger partial charge in [0, 0.05) is 43.9 Å². The van der Waals surface area contributed by atoms with Crippen molar-refractivity contribution in [3.8, 4) is 56.2 Å². The fourth-order valence-electron chi connectivity index (χ4n) is 10.1. The number of rotatable bonds is 8. The molecule has 3 aromatic heterocycles. The molecule has 0 aliphatic heterocycles. The molecule has 0 spiro atoms. The number of hydrogen-bond donors (Lipinski definition) is 0. The third-order valence-electron chi connectivity index (χ3n) is 14.0. The van der Waals surface area contributed by atoms with Crippen LogP contribution < -0.4 is 0 Å². The second-order valence-corrected chi connectivity index (χ2v) is 18.4. The Hall–Kier alpha value is -8.21. The number of benzene rings is 7. The second kappa shape index (κ2) is 16.3. The van der Waals surface area contributed by atoms with Crippen LogP contribution in [-0.2, 0) is 10.8 Å². The average molecular weight is 862 g/mol. The van der Waals surface area contributed by atoms with Gasteiger partial charge in [-0.15, -0.1) is 0 Å². The van der Waals surface area contributed by atoms with Gasteiger partial charge in [-0.25, -0.2) is 15.0 Å². The number of furan rings is 1. The lowest BCUT2D eigenvalue weighted by Crippen LogP contribution is -2.27. The van der Waals surface area contributed by atoms with E-state index >= 15 is 0 Å². The fraction of sp³-hybridized carbons (Fsp3) is 0.0952. The van der Waals surface area contributed by atoms with Gasteiger partial charge in [0.25, 0.3) is 0 Å². The minimum atomic E-state index is -0.308. The molecule has 0 saturated heterocycles. The van der Waals surface area contributed by atoms with Gasteiger partial charge in [-0.3, -0.25) is 0 Å². The van der Waals surface area contributed by atoms with Crippen LogP contribution in [0.25, 0.3) is 89.7 Å². The summed E-state index contributed by atoms with van der Waals surface area (Å²) in [5, 5.41) is 2.22. The normalized spacial score (nSPS) is 17.7. The van der Waals surface area contributed by atoms with Crippen LogP contribution in [-0.4, -0.2) is 15.0 Å². The molecule has 10 aromatic rings. The molecule has 0 bridgehead atoms. The summed E-state index contributed by atoms with van der Waals surface area (Å²) in [6.07, 6.45) is 13.2. The van der Waals surface area contributed by atoms with Crippen molar-refractivity contribution in [1.82, 2.24) is 15.0 Å². The molecule has 0 radical (unpaired) electrons. The summed E-state index contributed by atoms with van der Waals surface area (Å²) in [6, 6.07) is 68.5. The first-order valence-electron chi connectivity index (χ1n) is 23.2. The minimum Gasteiger partial charge on any atom is -0.454 e. The molecule has 4 nitrogen and oxygen atoms in total. The van der Waals surface area contributed by atoms with E-state index in [-0.39, 0.29) is 10.8 Å². The summed E-state index contributed by atoms with van der Waals surface area (Å²) in [6.45, 7) is 4.62. The molecule has 3 heterocycles. The number of aromatic nitrogens is 3. The van der Waals surface area contributed by atoms with Gasteiger partial charge < -0.3 is 4.42 Å². The Labute approximate surface area is 391 Å². The Bertz CT molecular complexity index is 3570. The third kappa shape index (κ3) is 7.22. The Balaban J connectivity index is 0.922. The highest BCUT2D eigenvalue weighted by atomic mass is 16.3. The first-order chi connectivity index (χ1) is 32.9. The number of nitrogens with zero attached hydrogens (tertiary/aromatic N) is 3. The van der Waals surface area contributed by atoms with Gasteiger partial charge in [0.2, 0.25) is 0 Å². The first kappa shape index (κ1) is 40.3. The molecule has 2 unspecified atom stereocenters. The number of fused-ring (bicyclic) bond motifs is 5. The maximum absolute atomic E-state index is 6.72. The molecule has 2 atom stereocenters. The van der Waals surface area contributed by atoms with Gasteiger partial charge in [0.05, 0.1) is 17.1 Å². The largest absolute Gasteiger partial charge is 0.454 e. The van der Waals surface area contributed by atoms with Crippen molar-refractivity contribution in [2.24, 2.45) is 0 Å². The molecular weight excluding hydrogens is 815 g/mol. The van der Waals surface area contributed by atoms with E-state index in [0.717, 1.165) is 96.5 Å². The lowest BCUT2D eigenvalue weighted by atomic mass is 9.71. The maximum atomic E-state index is 6.72. The van der Waals surface area contributed by atoms with E-state index in [1.165, 1.54) is 22.3 Å². The van der Waals surface area contributed by atoms with E-state index in [4.69, 9.17) is 19.4 Å². The summed E-state index contributed by atoms with van der Waals surface area (Å²) >= 11 is 0. The molecule has 0 N–H and O–H groups in total. The molecule has 12 rings (SSSR count). The van der Waals surface area contributed by atoms with Crippen LogP contribution in [0.15, 0.2) is 223 Å². The highest BCUT2D eigenvalue weighted by Crippen LogP contribution is 2.47. The maximum Gasteiger partial charge on any atom is 0.162 e. The van der Waals surface area contributed by atoms with Gasteiger partial charge in [-0.05, 0) is 76.9 Å². The number of para-hydroxylation sites is 1. The summed E-state index contributed by atoms with van der Waals surface area (Å²) < 4.78 is 6.72. The van der Waals surface area contributed by atoms with E-state index in [2.05, 4.69) is 232 Å². The van der Waals surface area contributed by atoms with Crippen LogP contribution in [0, 0.1) is 0 Å². The summed E-state index contributed by atoms with van der Waals surface area (Å²) in [5.74, 6) is 0.687. The highest BCUT2D eigenvalue weighted by Gasteiger charge is 2.36. The van der Waals surface area contributed by atoms with E-state index in [1.807, 2.05) is 6.07 Å². The van der Waals surface area contributed by atoms with Crippen molar-refractivity contribution in [3.05, 3.63) is 247 Å². The summed E-state index contributed by atoms with van der Waals surface area (Å²) in [5.41, 5.74) is 17.3. The van der Waals surface area contributed by atoms with Crippen molar-refractivity contribution in [3.63, 3.8) is 0 Å². The van der Waals surface area contributed by atoms with Crippen molar-refractivity contribution >= 4 is 33.6 Å². The Morgan fingerprint density at radius 1 is 0.478 bits per heavy atom. The molecule has 0 fully saturated rings. The molecule has 320 valence electrons. The Morgan fingerprint density at radius 2 is 1.07 bits per heavy atom. The topological polar surface area (TPSA) is 51.8 Å². The number of pyridine rings is 1. The third-order valence-corrected chi connectivity index (χ3v) is 14.0. The molecule has 7 aromatic carbocycles. The number of hydrogen-bond acceptors (Lipinski definition) is 4. The summed E-state index contributed by atoms with van der Waals surface area (Å²) in [7, 11) is 0. The van der Waals surface area contributed by atoms with Crippen molar-refractivity contribution < 1.29 is 4.42 Å². The van der Waals surface area contributed by atoms with Gasteiger partial charge in [-0.1, -0.05) is 213 Å². The van der Waals surface area contributed by atoms with Crippen LogP contribution in [0.1, 0.15) is 54.8 Å². The monoisotopic (exact) mass is 861 g/mol. The molecule has 0 saturated carbocycles.